The fraction of sp³-hybridized carbons (Fsp3) is 0.323. The van der Waals surface area contributed by atoms with Crippen molar-refractivity contribution in [2.45, 2.75) is 56.5 Å². The van der Waals surface area contributed by atoms with Gasteiger partial charge in [0, 0.05) is 22.7 Å². The molecular formula is C31H29ClF3N3O5. The molecule has 226 valence electrons. The number of carbonyl (C=O) groups excluding carboxylic acids is 3. The Morgan fingerprint density at radius 2 is 1.81 bits per heavy atom. The maximum atomic E-state index is 15.6. The van der Waals surface area contributed by atoms with Gasteiger partial charge in [0.25, 0.3) is 17.7 Å². The normalized spacial score (nSPS) is 22.0. The second-order valence-electron chi connectivity index (χ2n) is 11.0. The Labute approximate surface area is 250 Å². The summed E-state index contributed by atoms with van der Waals surface area (Å²) < 4.78 is 44.7. The number of nitrogens with one attached hydrogen (secondary N) is 1. The molecule has 5 rings (SSSR count). The third kappa shape index (κ3) is 5.21. The van der Waals surface area contributed by atoms with E-state index in [-0.39, 0.29) is 40.4 Å². The van der Waals surface area contributed by atoms with Crippen molar-refractivity contribution < 1.29 is 37.8 Å². The summed E-state index contributed by atoms with van der Waals surface area (Å²) in [6.07, 6.45) is -2.03. The number of aliphatic hydroxyl groups excluding tert-OH is 1. The molecule has 0 bridgehead atoms. The molecule has 2 aliphatic heterocycles. The van der Waals surface area contributed by atoms with E-state index in [4.69, 9.17) is 11.6 Å². The molecule has 3 N–H and O–H groups in total. The molecule has 0 aliphatic carbocycles. The van der Waals surface area contributed by atoms with Crippen molar-refractivity contribution in [2.75, 3.05) is 6.54 Å². The second kappa shape index (κ2) is 11.2. The molecule has 2 fully saturated rings. The monoisotopic (exact) mass is 615 g/mol. The zero-order valence-corrected chi connectivity index (χ0v) is 24.0. The Morgan fingerprint density at radius 1 is 1.12 bits per heavy atom. The van der Waals surface area contributed by atoms with Gasteiger partial charge in [-0.25, -0.2) is 13.2 Å². The number of hydrogen-bond acceptors (Lipinski definition) is 5. The number of benzene rings is 3. The fourth-order valence-electron chi connectivity index (χ4n) is 5.83. The van der Waals surface area contributed by atoms with Gasteiger partial charge in [0.05, 0.1) is 12.6 Å². The molecule has 3 aromatic rings. The van der Waals surface area contributed by atoms with E-state index in [1.54, 1.807) is 30.3 Å². The lowest BCUT2D eigenvalue weighted by molar-refractivity contribution is -0.193. The van der Waals surface area contributed by atoms with Gasteiger partial charge in [0.15, 0.2) is 6.10 Å². The van der Waals surface area contributed by atoms with E-state index >= 15 is 8.78 Å². The van der Waals surface area contributed by atoms with E-state index in [0.29, 0.717) is 10.5 Å². The topological polar surface area (TPSA) is 110 Å². The van der Waals surface area contributed by atoms with Gasteiger partial charge in [-0.15, -0.1) is 0 Å². The van der Waals surface area contributed by atoms with Crippen LogP contribution in [0.2, 0.25) is 5.02 Å². The largest absolute Gasteiger partial charge is 0.508 e. The standard InChI is InChI=1S/C31H29ClF3N3O5/c1-17-21(9-6-10-24(17)39)27(41)36-23(13-18-7-4-3-5-8-18)25(40)28(42)37-16-31(34,35)30(2)26(37)29(43)38(30)15-19-11-12-20(33)14-22(19)32/h3-12,14,23,25-26,39-40H,13,15-16H2,1-2H3,(H,36,41)/t23-,25-,26+,30?/m0/s1. The zero-order valence-electron chi connectivity index (χ0n) is 23.2. The SMILES string of the molecule is Cc1c(O)cccc1C(=O)N[C@@H](Cc1ccccc1)[C@H](O)C(=O)N1CC(F)(F)C2(C)[C@H]1C(=O)N2Cc1ccc(F)cc1Cl. The lowest BCUT2D eigenvalue weighted by Gasteiger charge is -2.54. The van der Waals surface area contributed by atoms with E-state index in [1.165, 1.54) is 31.2 Å². The van der Waals surface area contributed by atoms with Crippen LogP contribution in [0.5, 0.6) is 5.75 Å². The predicted octanol–water partition coefficient (Wildman–Crippen LogP) is 3.84. The van der Waals surface area contributed by atoms with Gasteiger partial charge in [-0.05, 0) is 55.7 Å². The van der Waals surface area contributed by atoms with Crippen molar-refractivity contribution >= 4 is 29.3 Å². The molecule has 0 radical (unpaired) electrons. The highest BCUT2D eigenvalue weighted by atomic mass is 35.5. The number of likely N-dealkylation sites (tertiary alicyclic amines) is 2. The molecule has 43 heavy (non-hydrogen) atoms. The quantitative estimate of drug-likeness (QED) is 0.334. The summed E-state index contributed by atoms with van der Waals surface area (Å²) in [6, 6.07) is 13.5. The summed E-state index contributed by atoms with van der Waals surface area (Å²) >= 11 is 6.08. The minimum Gasteiger partial charge on any atom is -0.508 e. The number of carbonyl (C=O) groups is 3. The fourth-order valence-corrected chi connectivity index (χ4v) is 6.06. The zero-order chi connectivity index (χ0) is 31.3. The molecule has 0 saturated carbocycles. The number of phenolic OH excluding ortho intramolecular Hbond substituents is 1. The number of fused-ring (bicyclic) bond motifs is 1. The average Bonchev–Trinajstić information content (AvgIpc) is 3.15. The Hall–Kier alpha value is -4.09. The smallest absolute Gasteiger partial charge is 0.290 e. The van der Waals surface area contributed by atoms with Crippen molar-refractivity contribution in [3.05, 3.63) is 99.8 Å². The molecule has 3 amide bonds. The number of aromatic hydroxyl groups is 1. The predicted molar refractivity (Wildman–Crippen MR) is 151 cm³/mol. The number of β-lactam (4-membered cyclic amide) rings is 1. The number of rotatable bonds is 8. The van der Waals surface area contributed by atoms with Gasteiger partial charge < -0.3 is 25.3 Å². The van der Waals surface area contributed by atoms with E-state index in [2.05, 4.69) is 5.32 Å². The molecule has 3 aromatic carbocycles. The van der Waals surface area contributed by atoms with Crippen molar-refractivity contribution in [3.63, 3.8) is 0 Å². The van der Waals surface area contributed by atoms with Crippen LogP contribution in [0.1, 0.15) is 34.0 Å². The van der Waals surface area contributed by atoms with E-state index in [9.17, 15) is 29.0 Å². The number of phenols is 1. The van der Waals surface area contributed by atoms with Gasteiger partial charge in [-0.1, -0.05) is 54.1 Å². The van der Waals surface area contributed by atoms with E-state index < -0.39 is 59.7 Å². The van der Waals surface area contributed by atoms with Crippen LogP contribution >= 0.6 is 11.6 Å². The first-order chi connectivity index (χ1) is 20.3. The first kappa shape index (κ1) is 30.4. The van der Waals surface area contributed by atoms with Crippen LogP contribution in [0.25, 0.3) is 0 Å². The summed E-state index contributed by atoms with van der Waals surface area (Å²) in [7, 11) is 0. The Morgan fingerprint density at radius 3 is 2.49 bits per heavy atom. The second-order valence-corrected chi connectivity index (χ2v) is 11.5. The lowest BCUT2D eigenvalue weighted by Crippen LogP contribution is -2.78. The lowest BCUT2D eigenvalue weighted by atomic mass is 9.77. The summed E-state index contributed by atoms with van der Waals surface area (Å²) in [6.45, 7) is 1.21. The Balaban J connectivity index is 1.41. The van der Waals surface area contributed by atoms with E-state index in [1.807, 2.05) is 0 Å². The van der Waals surface area contributed by atoms with Crippen LogP contribution < -0.4 is 5.32 Å². The Kier molecular flexibility index (Phi) is 7.91. The van der Waals surface area contributed by atoms with Gasteiger partial charge in [-0.2, -0.15) is 0 Å². The number of hydrogen-bond donors (Lipinski definition) is 3. The molecule has 0 aromatic heterocycles. The number of alkyl halides is 2. The molecule has 8 nitrogen and oxygen atoms in total. The molecular weight excluding hydrogens is 587 g/mol. The van der Waals surface area contributed by atoms with E-state index in [0.717, 1.165) is 24.0 Å². The summed E-state index contributed by atoms with van der Waals surface area (Å²) in [5.74, 6) is -6.93. The minimum atomic E-state index is -3.57. The van der Waals surface area contributed by atoms with Crippen molar-refractivity contribution in [1.82, 2.24) is 15.1 Å². The summed E-state index contributed by atoms with van der Waals surface area (Å²) in [5, 5.41) is 23.9. The highest BCUT2D eigenvalue weighted by Crippen LogP contribution is 2.53. The van der Waals surface area contributed by atoms with Crippen LogP contribution in [-0.4, -0.2) is 73.9 Å². The van der Waals surface area contributed by atoms with Gasteiger partial charge >= 0.3 is 0 Å². The highest BCUT2D eigenvalue weighted by Gasteiger charge is 2.77. The van der Waals surface area contributed by atoms with Crippen molar-refractivity contribution in [3.8, 4) is 5.75 Å². The van der Waals surface area contributed by atoms with Crippen molar-refractivity contribution in [1.29, 1.82) is 0 Å². The van der Waals surface area contributed by atoms with Crippen LogP contribution in [0, 0.1) is 12.7 Å². The molecule has 1 unspecified atom stereocenters. The third-order valence-electron chi connectivity index (χ3n) is 8.44. The van der Waals surface area contributed by atoms with Gasteiger partial charge in [-0.3, -0.25) is 14.4 Å². The van der Waals surface area contributed by atoms with Gasteiger partial charge in [0.2, 0.25) is 5.91 Å². The molecule has 4 atom stereocenters. The summed E-state index contributed by atoms with van der Waals surface area (Å²) in [4.78, 5) is 41.7. The van der Waals surface area contributed by atoms with Crippen LogP contribution in [0.3, 0.4) is 0 Å². The molecule has 2 heterocycles. The van der Waals surface area contributed by atoms with Gasteiger partial charge in [0.1, 0.15) is 23.1 Å². The van der Waals surface area contributed by atoms with Crippen molar-refractivity contribution in [2.24, 2.45) is 0 Å². The highest BCUT2D eigenvalue weighted by molar-refractivity contribution is 6.31. The minimum absolute atomic E-state index is 0.0351. The maximum Gasteiger partial charge on any atom is 0.290 e. The number of aliphatic hydroxyl groups is 1. The number of halogens is 4. The molecule has 2 saturated heterocycles. The average molecular weight is 616 g/mol. The first-order valence-corrected chi connectivity index (χ1v) is 13.9. The number of nitrogens with zero attached hydrogens (tertiary/aromatic N) is 2. The first-order valence-electron chi connectivity index (χ1n) is 13.5. The van der Waals surface area contributed by atoms with Crippen LogP contribution in [0.4, 0.5) is 13.2 Å². The maximum absolute atomic E-state index is 15.6. The molecule has 12 heteroatoms. The number of amides is 3. The van der Waals surface area contributed by atoms with Crippen LogP contribution in [0.15, 0.2) is 66.7 Å². The van der Waals surface area contributed by atoms with Crippen LogP contribution in [-0.2, 0) is 22.6 Å². The molecule has 2 aliphatic rings. The summed E-state index contributed by atoms with van der Waals surface area (Å²) in [5.41, 5.74) is -0.845. The Bertz CT molecular complexity index is 1590. The molecule has 0 spiro atoms. The third-order valence-corrected chi connectivity index (χ3v) is 8.79.